The van der Waals surface area contributed by atoms with Crippen LogP contribution in [0.1, 0.15) is 12.5 Å². The Labute approximate surface area is 136 Å². The highest BCUT2D eigenvalue weighted by Crippen LogP contribution is 2.22. The minimum absolute atomic E-state index is 0.186. The molecule has 2 aromatic rings. The van der Waals surface area contributed by atoms with Crippen LogP contribution in [0.15, 0.2) is 59.5 Å². The Kier molecular flexibility index (Phi) is 5.52. The maximum absolute atomic E-state index is 12.5. The molecule has 0 aliphatic heterocycles. The van der Waals surface area contributed by atoms with Gasteiger partial charge in [0.1, 0.15) is 6.10 Å². The van der Waals surface area contributed by atoms with E-state index in [9.17, 15) is 13.2 Å². The zero-order valence-corrected chi connectivity index (χ0v) is 13.8. The van der Waals surface area contributed by atoms with Gasteiger partial charge in [0, 0.05) is 12.8 Å². The van der Waals surface area contributed by atoms with Crippen LogP contribution < -0.4 is 5.32 Å². The Morgan fingerprint density at radius 1 is 1.09 bits per heavy atom. The number of rotatable bonds is 6. The van der Waals surface area contributed by atoms with E-state index in [1.807, 2.05) is 0 Å². The molecule has 1 N–H and O–H groups in total. The van der Waals surface area contributed by atoms with Crippen LogP contribution in [-0.2, 0) is 25.1 Å². The maximum Gasteiger partial charge on any atom is 0.253 e. The second kappa shape index (κ2) is 7.39. The summed E-state index contributed by atoms with van der Waals surface area (Å²) in [4.78, 5) is 12.2. The van der Waals surface area contributed by atoms with Crippen molar-refractivity contribution in [1.82, 2.24) is 0 Å². The van der Waals surface area contributed by atoms with Gasteiger partial charge in [0.25, 0.3) is 5.91 Å². The Morgan fingerprint density at radius 3 is 2.35 bits per heavy atom. The van der Waals surface area contributed by atoms with E-state index in [4.69, 9.17) is 4.74 Å². The number of carbonyl (C=O) groups excluding carboxylic acids is 1. The Hall–Kier alpha value is -2.18. The fourth-order valence-corrected chi connectivity index (χ4v) is 3.43. The lowest BCUT2D eigenvalue weighted by molar-refractivity contribution is -0.124. The molecular formula is C17H19NO4S. The molecule has 0 aliphatic rings. The van der Waals surface area contributed by atoms with Crippen LogP contribution in [0.25, 0.3) is 0 Å². The fraction of sp³-hybridized carbons (Fsp3) is 0.235. The van der Waals surface area contributed by atoms with Gasteiger partial charge in [0.15, 0.2) is 9.84 Å². The van der Waals surface area contributed by atoms with Crippen molar-refractivity contribution < 1.29 is 17.9 Å². The van der Waals surface area contributed by atoms with E-state index in [2.05, 4.69) is 5.32 Å². The van der Waals surface area contributed by atoms with Gasteiger partial charge in [-0.15, -0.1) is 0 Å². The lowest BCUT2D eigenvalue weighted by Gasteiger charge is -2.14. The first-order chi connectivity index (χ1) is 10.9. The number of nitrogens with one attached hydrogen (secondary N) is 1. The second-order valence-corrected chi connectivity index (χ2v) is 7.09. The monoisotopic (exact) mass is 333 g/mol. The van der Waals surface area contributed by atoms with E-state index < -0.39 is 15.9 Å². The Balaban J connectivity index is 2.26. The molecule has 0 saturated heterocycles. The largest absolute Gasteiger partial charge is 0.372 e. The summed E-state index contributed by atoms with van der Waals surface area (Å²) in [6.07, 6.45) is -0.617. The van der Waals surface area contributed by atoms with Crippen molar-refractivity contribution in [2.24, 2.45) is 0 Å². The summed E-state index contributed by atoms with van der Waals surface area (Å²) in [6.45, 7) is 1.62. The third-order valence-electron chi connectivity index (χ3n) is 3.45. The van der Waals surface area contributed by atoms with Crippen LogP contribution in [0.3, 0.4) is 0 Å². The van der Waals surface area contributed by atoms with Crippen molar-refractivity contribution in [2.75, 3.05) is 12.4 Å². The molecule has 6 heteroatoms. The normalized spacial score (nSPS) is 12.6. The first-order valence-electron chi connectivity index (χ1n) is 7.13. The summed E-state index contributed by atoms with van der Waals surface area (Å²) in [7, 11) is -2.04. The third-order valence-corrected chi connectivity index (χ3v) is 5.13. The molecule has 1 atom stereocenters. The number of benzene rings is 2. The van der Waals surface area contributed by atoms with Crippen molar-refractivity contribution in [3.8, 4) is 0 Å². The third kappa shape index (κ3) is 4.40. The van der Waals surface area contributed by atoms with Crippen LogP contribution >= 0.6 is 0 Å². The lowest BCUT2D eigenvalue weighted by Crippen LogP contribution is -2.27. The van der Waals surface area contributed by atoms with Crippen LogP contribution in [0.5, 0.6) is 0 Å². The van der Waals surface area contributed by atoms with Crippen molar-refractivity contribution >= 4 is 21.4 Å². The summed E-state index contributed by atoms with van der Waals surface area (Å²) in [6, 6.07) is 15.1. The van der Waals surface area contributed by atoms with Gasteiger partial charge in [-0.25, -0.2) is 8.42 Å². The van der Waals surface area contributed by atoms with Crippen molar-refractivity contribution in [3.05, 3.63) is 60.2 Å². The standard InChI is InChI=1S/C17H19NO4S/c1-13(22-2)17(19)18-16-11-7-6-8-14(16)12-23(20,21)15-9-4-3-5-10-15/h3-11,13H,12H2,1-2H3,(H,18,19). The molecular weight excluding hydrogens is 314 g/mol. The van der Waals surface area contributed by atoms with Crippen LogP contribution in [0.4, 0.5) is 5.69 Å². The molecule has 0 radical (unpaired) electrons. The zero-order chi connectivity index (χ0) is 16.9. The van der Waals surface area contributed by atoms with Gasteiger partial charge < -0.3 is 10.1 Å². The minimum Gasteiger partial charge on any atom is -0.372 e. The molecule has 0 heterocycles. The highest BCUT2D eigenvalue weighted by atomic mass is 32.2. The summed E-state index contributed by atoms with van der Waals surface area (Å²) in [5.41, 5.74) is 1.01. The molecule has 5 nitrogen and oxygen atoms in total. The molecule has 0 aromatic heterocycles. The second-order valence-electron chi connectivity index (χ2n) is 5.10. The number of anilines is 1. The number of hydrogen-bond donors (Lipinski definition) is 1. The molecule has 23 heavy (non-hydrogen) atoms. The molecule has 0 bridgehead atoms. The van der Waals surface area contributed by atoms with Gasteiger partial charge in [0.05, 0.1) is 10.6 Å². The SMILES string of the molecule is COC(C)C(=O)Nc1ccccc1CS(=O)(=O)c1ccccc1. The van der Waals surface area contributed by atoms with Crippen LogP contribution in [-0.4, -0.2) is 27.5 Å². The molecule has 0 spiro atoms. The summed E-state index contributed by atoms with van der Waals surface area (Å²) in [5, 5.41) is 2.71. The fourth-order valence-electron chi connectivity index (χ4n) is 2.03. The van der Waals surface area contributed by atoms with E-state index in [1.54, 1.807) is 61.5 Å². The van der Waals surface area contributed by atoms with Gasteiger partial charge in [0.2, 0.25) is 0 Å². The summed E-state index contributed by atoms with van der Waals surface area (Å²) in [5.74, 6) is -0.508. The predicted molar refractivity (Wildman–Crippen MR) is 88.9 cm³/mol. The molecule has 0 fully saturated rings. The van der Waals surface area contributed by atoms with Crippen LogP contribution in [0.2, 0.25) is 0 Å². The number of para-hydroxylation sites is 1. The maximum atomic E-state index is 12.5. The van der Waals surface area contributed by atoms with Gasteiger partial charge in [-0.1, -0.05) is 36.4 Å². The smallest absolute Gasteiger partial charge is 0.253 e. The number of carbonyl (C=O) groups is 1. The molecule has 122 valence electrons. The van der Waals surface area contributed by atoms with Crippen molar-refractivity contribution in [1.29, 1.82) is 0 Å². The number of amides is 1. The summed E-state index contributed by atoms with van der Waals surface area (Å²) < 4.78 is 29.9. The van der Waals surface area contributed by atoms with Crippen LogP contribution in [0, 0.1) is 0 Å². The topological polar surface area (TPSA) is 72.5 Å². The summed E-state index contributed by atoms with van der Waals surface area (Å²) >= 11 is 0. The van der Waals surface area contributed by atoms with Crippen molar-refractivity contribution in [2.45, 2.75) is 23.7 Å². The first kappa shape index (κ1) is 17.2. The molecule has 2 rings (SSSR count). The highest BCUT2D eigenvalue weighted by molar-refractivity contribution is 7.90. The molecule has 1 amide bonds. The van der Waals surface area contributed by atoms with E-state index in [-0.39, 0.29) is 16.6 Å². The molecule has 1 unspecified atom stereocenters. The number of hydrogen-bond acceptors (Lipinski definition) is 4. The van der Waals surface area contributed by atoms with Gasteiger partial charge in [-0.2, -0.15) is 0 Å². The van der Waals surface area contributed by atoms with Gasteiger partial charge >= 0.3 is 0 Å². The molecule has 0 saturated carbocycles. The van der Waals surface area contributed by atoms with E-state index in [0.717, 1.165) is 0 Å². The average molecular weight is 333 g/mol. The predicted octanol–water partition coefficient (Wildman–Crippen LogP) is 2.63. The Bertz CT molecular complexity index is 772. The molecule has 2 aromatic carbocycles. The quantitative estimate of drug-likeness (QED) is 0.882. The zero-order valence-electron chi connectivity index (χ0n) is 13.0. The van der Waals surface area contributed by atoms with Gasteiger partial charge in [-0.3, -0.25) is 4.79 Å². The average Bonchev–Trinajstić information content (AvgIpc) is 2.56. The Morgan fingerprint density at radius 2 is 1.70 bits per heavy atom. The van der Waals surface area contributed by atoms with E-state index in [0.29, 0.717) is 11.3 Å². The molecule has 0 aliphatic carbocycles. The minimum atomic E-state index is -3.48. The number of methoxy groups -OCH3 is 1. The number of sulfone groups is 1. The van der Waals surface area contributed by atoms with E-state index >= 15 is 0 Å². The first-order valence-corrected chi connectivity index (χ1v) is 8.78. The van der Waals surface area contributed by atoms with Gasteiger partial charge in [-0.05, 0) is 30.7 Å². The lowest BCUT2D eigenvalue weighted by atomic mass is 10.2. The highest BCUT2D eigenvalue weighted by Gasteiger charge is 2.19. The van der Waals surface area contributed by atoms with Crippen molar-refractivity contribution in [3.63, 3.8) is 0 Å². The van der Waals surface area contributed by atoms with E-state index in [1.165, 1.54) is 7.11 Å². The number of ether oxygens (including phenoxy) is 1.